The summed E-state index contributed by atoms with van der Waals surface area (Å²) in [4.78, 5) is 85.6. The number of carbonyl (C=O) groups excluding carboxylic acids is 6. The molecule has 2 aliphatic carbocycles. The van der Waals surface area contributed by atoms with Crippen molar-refractivity contribution >= 4 is 45.8 Å². The SMILES string of the molecule is C=CC(=O)N1C/C=C\[C@@H]2C[C@@]2(C(=O)NS(=O)(=O)C2CC2)NC(=O)C2C[C@@H](OC(=O)N3Cc4cccc(F)c4C3)CN2C(=O)[C@@H](NC(=O)OC(C)(C)C)CCC1. The molecule has 0 radical (unpaired) electrons. The van der Waals surface area contributed by atoms with Crippen molar-refractivity contribution in [3.05, 3.63) is 60.0 Å². The van der Waals surface area contributed by atoms with Gasteiger partial charge in [-0.05, 0) is 70.6 Å². The fourth-order valence-electron chi connectivity index (χ4n) is 7.24. The molecule has 298 valence electrons. The Bertz CT molecular complexity index is 1910. The number of amides is 6. The molecule has 0 aromatic heterocycles. The van der Waals surface area contributed by atoms with Crippen molar-refractivity contribution in [2.75, 3.05) is 19.6 Å². The standard InChI is InChI=1S/C37H47FN6O10S/c1-5-30(45)42-15-7-10-23-18-37(23,33(48)41-55(51,52)25-13-14-25)40-31(46)29-17-24(53-35(50)43-19-22-9-6-11-27(38)26(22)21-43)20-44(29)32(47)28(12-8-16-42)39-34(49)54-36(2,3)4/h5-7,9-11,23-25,28-29H,1,8,12-21H2,2-4H3,(H,39,49)(H,40,46)(H,41,48)/b10-7-/t23-,24-,28+,29?,37-/m1/s1. The highest BCUT2D eigenvalue weighted by molar-refractivity contribution is 7.91. The number of nitrogens with one attached hydrogen (secondary N) is 3. The van der Waals surface area contributed by atoms with Crippen LogP contribution in [0.25, 0.3) is 0 Å². The van der Waals surface area contributed by atoms with Crippen LogP contribution in [0.3, 0.4) is 0 Å². The minimum atomic E-state index is -4.01. The van der Waals surface area contributed by atoms with Crippen LogP contribution >= 0.6 is 0 Å². The van der Waals surface area contributed by atoms with E-state index in [0.29, 0.717) is 24.0 Å². The van der Waals surface area contributed by atoms with E-state index in [1.807, 2.05) is 0 Å². The van der Waals surface area contributed by atoms with E-state index in [1.54, 1.807) is 45.1 Å². The van der Waals surface area contributed by atoms with Crippen molar-refractivity contribution < 1.29 is 51.0 Å². The molecule has 5 aliphatic rings. The Kier molecular flexibility index (Phi) is 11.0. The van der Waals surface area contributed by atoms with Crippen LogP contribution in [0.1, 0.15) is 70.4 Å². The van der Waals surface area contributed by atoms with Crippen molar-refractivity contribution in [2.24, 2.45) is 5.92 Å². The molecule has 3 aliphatic heterocycles. The van der Waals surface area contributed by atoms with Crippen LogP contribution in [0, 0.1) is 11.7 Å². The Morgan fingerprint density at radius 1 is 1.09 bits per heavy atom. The topological polar surface area (TPSA) is 201 Å². The molecule has 6 amide bonds. The van der Waals surface area contributed by atoms with E-state index in [0.717, 1.165) is 6.08 Å². The molecular weight excluding hydrogens is 740 g/mol. The van der Waals surface area contributed by atoms with Crippen molar-refractivity contribution in [2.45, 2.75) is 107 Å². The van der Waals surface area contributed by atoms with Crippen LogP contribution in [0.15, 0.2) is 43.0 Å². The van der Waals surface area contributed by atoms with E-state index in [-0.39, 0.29) is 58.4 Å². The maximum atomic E-state index is 14.5. The van der Waals surface area contributed by atoms with Crippen molar-refractivity contribution in [3.8, 4) is 0 Å². The Morgan fingerprint density at radius 3 is 2.51 bits per heavy atom. The third kappa shape index (κ3) is 8.95. The van der Waals surface area contributed by atoms with Gasteiger partial charge in [0.1, 0.15) is 35.1 Å². The van der Waals surface area contributed by atoms with Gasteiger partial charge in [-0.3, -0.25) is 28.8 Å². The number of benzene rings is 1. The van der Waals surface area contributed by atoms with Crippen molar-refractivity contribution in [3.63, 3.8) is 0 Å². The second kappa shape index (κ2) is 15.3. The number of fused-ring (bicyclic) bond motifs is 3. The zero-order valence-corrected chi connectivity index (χ0v) is 31.9. The summed E-state index contributed by atoms with van der Waals surface area (Å²) in [6.07, 6.45) is 2.57. The number of ether oxygens (including phenoxy) is 2. The van der Waals surface area contributed by atoms with Gasteiger partial charge in [0, 0.05) is 37.5 Å². The molecule has 6 rings (SSSR count). The minimum Gasteiger partial charge on any atom is -0.444 e. The largest absolute Gasteiger partial charge is 0.444 e. The molecule has 0 bridgehead atoms. The smallest absolute Gasteiger partial charge is 0.410 e. The quantitative estimate of drug-likeness (QED) is 0.283. The van der Waals surface area contributed by atoms with E-state index >= 15 is 0 Å². The fourth-order valence-corrected chi connectivity index (χ4v) is 8.60. The molecule has 1 aromatic rings. The Morgan fingerprint density at radius 2 is 1.84 bits per heavy atom. The van der Waals surface area contributed by atoms with Crippen molar-refractivity contribution in [1.29, 1.82) is 0 Å². The summed E-state index contributed by atoms with van der Waals surface area (Å²) in [7, 11) is -4.01. The zero-order valence-electron chi connectivity index (χ0n) is 31.0. The molecule has 55 heavy (non-hydrogen) atoms. The lowest BCUT2D eigenvalue weighted by atomic mass is 10.1. The molecule has 2 saturated carbocycles. The number of hydrogen-bond acceptors (Lipinski definition) is 10. The number of sulfonamides is 1. The van der Waals surface area contributed by atoms with Gasteiger partial charge in [0.2, 0.25) is 27.7 Å². The first-order chi connectivity index (χ1) is 25.9. The fraction of sp³-hybridized carbons (Fsp3) is 0.568. The predicted molar refractivity (Wildman–Crippen MR) is 193 cm³/mol. The summed E-state index contributed by atoms with van der Waals surface area (Å²) in [5, 5.41) is 4.61. The van der Waals surface area contributed by atoms with E-state index < -0.39 is 92.2 Å². The molecular formula is C37H47FN6O10S. The lowest BCUT2D eigenvalue weighted by Gasteiger charge is -2.30. The maximum absolute atomic E-state index is 14.5. The number of nitrogens with zero attached hydrogens (tertiary/aromatic N) is 3. The highest BCUT2D eigenvalue weighted by Crippen LogP contribution is 2.46. The first-order valence-corrected chi connectivity index (χ1v) is 19.9. The molecule has 18 heteroatoms. The first-order valence-electron chi connectivity index (χ1n) is 18.4. The molecule has 1 saturated heterocycles. The van der Waals surface area contributed by atoms with Crippen molar-refractivity contribution in [1.82, 2.24) is 30.1 Å². The van der Waals surface area contributed by atoms with Gasteiger partial charge in [0.15, 0.2) is 0 Å². The van der Waals surface area contributed by atoms with Gasteiger partial charge < -0.3 is 29.9 Å². The molecule has 0 spiro atoms. The normalized spacial score (nSPS) is 27.6. The van der Waals surface area contributed by atoms with Crippen LogP contribution in [0.5, 0.6) is 0 Å². The average Bonchev–Trinajstić information content (AvgIpc) is 3.99. The third-order valence-electron chi connectivity index (χ3n) is 10.4. The number of carbonyl (C=O) groups is 6. The van der Waals surface area contributed by atoms with Gasteiger partial charge in [0.05, 0.1) is 18.3 Å². The number of hydrogen-bond donors (Lipinski definition) is 3. The highest BCUT2D eigenvalue weighted by atomic mass is 32.2. The van der Waals surface area contributed by atoms with Crippen LogP contribution in [0.4, 0.5) is 14.0 Å². The second-order valence-electron chi connectivity index (χ2n) is 15.7. The van der Waals surface area contributed by atoms with Gasteiger partial charge in [-0.25, -0.2) is 22.4 Å². The lowest BCUT2D eigenvalue weighted by Crippen LogP contribution is -2.58. The Labute approximate surface area is 318 Å². The number of rotatable bonds is 6. The maximum Gasteiger partial charge on any atom is 0.410 e. The summed E-state index contributed by atoms with van der Waals surface area (Å²) in [5.74, 6) is -3.97. The monoisotopic (exact) mass is 786 g/mol. The number of alkyl carbamates (subject to hydrolysis) is 1. The van der Waals surface area contributed by atoms with E-state index in [2.05, 4.69) is 21.9 Å². The first kappa shape index (κ1) is 39.7. The summed E-state index contributed by atoms with van der Waals surface area (Å²) < 4.78 is 53.5. The zero-order chi connectivity index (χ0) is 39.9. The third-order valence-corrected chi connectivity index (χ3v) is 12.2. The predicted octanol–water partition coefficient (Wildman–Crippen LogP) is 1.99. The number of halogens is 1. The van der Waals surface area contributed by atoms with Gasteiger partial charge >= 0.3 is 12.2 Å². The summed E-state index contributed by atoms with van der Waals surface area (Å²) in [6.45, 7) is 8.52. The molecule has 1 unspecified atom stereocenters. The van der Waals surface area contributed by atoms with Gasteiger partial charge in [0.25, 0.3) is 5.91 Å². The van der Waals surface area contributed by atoms with E-state index in [9.17, 15) is 41.6 Å². The summed E-state index contributed by atoms with van der Waals surface area (Å²) in [5.41, 5.74) is -1.64. The van der Waals surface area contributed by atoms with Crippen LogP contribution in [-0.4, -0.2) is 113 Å². The van der Waals surface area contributed by atoms with E-state index in [4.69, 9.17) is 9.47 Å². The molecule has 3 fully saturated rings. The second-order valence-corrected chi connectivity index (χ2v) is 17.6. The average molecular weight is 787 g/mol. The highest BCUT2D eigenvalue weighted by Gasteiger charge is 2.62. The van der Waals surface area contributed by atoms with E-state index in [1.165, 1.54) is 20.8 Å². The van der Waals surface area contributed by atoms with Crippen LogP contribution in [-0.2, 0) is 51.8 Å². The summed E-state index contributed by atoms with van der Waals surface area (Å²) >= 11 is 0. The summed E-state index contributed by atoms with van der Waals surface area (Å²) in [6, 6.07) is 1.96. The Hall–Kier alpha value is -5.00. The van der Waals surface area contributed by atoms with Gasteiger partial charge in [-0.2, -0.15) is 0 Å². The molecule has 5 atom stereocenters. The minimum absolute atomic E-state index is 0.0175. The molecule has 3 N–H and O–H groups in total. The van der Waals surface area contributed by atoms with Crippen LogP contribution in [0.2, 0.25) is 0 Å². The van der Waals surface area contributed by atoms with Gasteiger partial charge in [-0.15, -0.1) is 0 Å². The Balaban J connectivity index is 1.29. The lowest BCUT2D eigenvalue weighted by molar-refractivity contribution is -0.141. The molecule has 16 nitrogen and oxygen atoms in total. The molecule has 3 heterocycles. The molecule has 1 aromatic carbocycles. The van der Waals surface area contributed by atoms with Gasteiger partial charge in [-0.1, -0.05) is 30.9 Å². The van der Waals surface area contributed by atoms with Crippen LogP contribution < -0.4 is 15.4 Å².